The number of benzene rings is 2. The van der Waals surface area contributed by atoms with Gasteiger partial charge in [-0.05, 0) is 29.8 Å². The predicted octanol–water partition coefficient (Wildman–Crippen LogP) is 3.72. The summed E-state index contributed by atoms with van der Waals surface area (Å²) in [5.74, 6) is 0.278. The number of phenolic OH excluding ortho intramolecular Hbond substituents is 1. The average Bonchev–Trinajstić information content (AvgIpc) is 2.37. The predicted molar refractivity (Wildman–Crippen MR) is 81.2 cm³/mol. The van der Waals surface area contributed by atoms with Gasteiger partial charge in [0.05, 0.1) is 16.4 Å². The van der Waals surface area contributed by atoms with E-state index in [2.05, 4.69) is 5.32 Å². The van der Waals surface area contributed by atoms with Gasteiger partial charge in [-0.2, -0.15) is 0 Å². The zero-order valence-electron chi connectivity index (χ0n) is 11.0. The van der Waals surface area contributed by atoms with Gasteiger partial charge in [-0.15, -0.1) is 0 Å². The van der Waals surface area contributed by atoms with Crippen molar-refractivity contribution in [2.75, 3.05) is 24.3 Å². The van der Waals surface area contributed by atoms with Gasteiger partial charge in [0.15, 0.2) is 0 Å². The van der Waals surface area contributed by atoms with E-state index in [0.29, 0.717) is 6.54 Å². The molecule has 0 spiro atoms. The van der Waals surface area contributed by atoms with E-state index in [-0.39, 0.29) is 5.75 Å². The Morgan fingerprint density at radius 2 is 1.79 bits per heavy atom. The van der Waals surface area contributed by atoms with Crippen LogP contribution in [0.15, 0.2) is 42.5 Å². The number of halogens is 1. The van der Waals surface area contributed by atoms with Crippen molar-refractivity contribution in [3.63, 3.8) is 0 Å². The minimum absolute atomic E-state index is 0.278. The first-order valence-electron chi connectivity index (χ1n) is 6.05. The van der Waals surface area contributed by atoms with Crippen LogP contribution in [0.4, 0.5) is 11.4 Å². The summed E-state index contributed by atoms with van der Waals surface area (Å²) in [7, 11) is 3.93. The van der Waals surface area contributed by atoms with Gasteiger partial charge in [-0.25, -0.2) is 0 Å². The molecule has 0 amide bonds. The summed E-state index contributed by atoms with van der Waals surface area (Å²) >= 11 is 6.21. The van der Waals surface area contributed by atoms with Gasteiger partial charge in [0.2, 0.25) is 0 Å². The van der Waals surface area contributed by atoms with E-state index in [1.54, 1.807) is 12.1 Å². The van der Waals surface area contributed by atoms with Crippen molar-refractivity contribution < 1.29 is 5.11 Å². The summed E-state index contributed by atoms with van der Waals surface area (Å²) in [4.78, 5) is 1.99. The lowest BCUT2D eigenvalue weighted by Crippen LogP contribution is -2.12. The normalized spacial score (nSPS) is 10.3. The van der Waals surface area contributed by atoms with Gasteiger partial charge in [0, 0.05) is 20.6 Å². The first-order chi connectivity index (χ1) is 9.08. The maximum absolute atomic E-state index is 9.25. The maximum atomic E-state index is 9.25. The summed E-state index contributed by atoms with van der Waals surface area (Å²) in [6.45, 7) is 0.682. The Morgan fingerprint density at radius 1 is 1.11 bits per heavy atom. The quantitative estimate of drug-likeness (QED) is 0.893. The van der Waals surface area contributed by atoms with Crippen molar-refractivity contribution in [3.05, 3.63) is 53.1 Å². The van der Waals surface area contributed by atoms with Crippen LogP contribution in [0.1, 0.15) is 5.56 Å². The largest absolute Gasteiger partial charge is 0.508 e. The molecule has 0 aliphatic rings. The van der Waals surface area contributed by atoms with Crippen molar-refractivity contribution in [2.45, 2.75) is 6.54 Å². The summed E-state index contributed by atoms with van der Waals surface area (Å²) in [5, 5.41) is 13.3. The number of hydrogen-bond acceptors (Lipinski definition) is 3. The highest BCUT2D eigenvalue weighted by Gasteiger charge is 2.08. The molecule has 2 aromatic rings. The number of rotatable bonds is 4. The number of anilines is 2. The van der Waals surface area contributed by atoms with E-state index in [0.717, 1.165) is 22.0 Å². The summed E-state index contributed by atoms with van der Waals surface area (Å²) < 4.78 is 0. The molecule has 0 saturated carbocycles. The molecule has 0 aliphatic heterocycles. The number of hydrogen-bond donors (Lipinski definition) is 2. The lowest BCUT2D eigenvalue weighted by Gasteiger charge is -2.20. The highest BCUT2D eigenvalue weighted by Crippen LogP contribution is 2.32. The number of nitrogens with one attached hydrogen (secondary N) is 1. The standard InChI is InChI=1S/C15H17ClN2O/c1-18(2)15-13(16)4-3-5-14(15)17-10-11-6-8-12(19)9-7-11/h3-9,17,19H,10H2,1-2H3. The maximum Gasteiger partial charge on any atom is 0.115 e. The Kier molecular flexibility index (Phi) is 4.17. The van der Waals surface area contributed by atoms with E-state index in [4.69, 9.17) is 11.6 Å². The van der Waals surface area contributed by atoms with Crippen molar-refractivity contribution in [1.29, 1.82) is 0 Å². The van der Waals surface area contributed by atoms with Crippen LogP contribution < -0.4 is 10.2 Å². The molecular formula is C15H17ClN2O. The van der Waals surface area contributed by atoms with Gasteiger partial charge in [-0.1, -0.05) is 29.8 Å². The lowest BCUT2D eigenvalue weighted by atomic mass is 10.2. The third-order valence-electron chi connectivity index (χ3n) is 2.85. The second-order valence-electron chi connectivity index (χ2n) is 4.55. The van der Waals surface area contributed by atoms with Crippen LogP contribution in [0.5, 0.6) is 5.75 Å². The van der Waals surface area contributed by atoms with Crippen LogP contribution in [0.25, 0.3) is 0 Å². The van der Waals surface area contributed by atoms with Crippen LogP contribution in [0, 0.1) is 0 Å². The van der Waals surface area contributed by atoms with E-state index in [1.165, 1.54) is 0 Å². The molecule has 0 aromatic heterocycles. The topological polar surface area (TPSA) is 35.5 Å². The number of aromatic hydroxyl groups is 1. The smallest absolute Gasteiger partial charge is 0.115 e. The van der Waals surface area contributed by atoms with Crippen LogP contribution in [0.3, 0.4) is 0 Å². The fraction of sp³-hybridized carbons (Fsp3) is 0.200. The van der Waals surface area contributed by atoms with E-state index >= 15 is 0 Å². The molecule has 0 fully saturated rings. The monoisotopic (exact) mass is 276 g/mol. The number of nitrogens with zero attached hydrogens (tertiary/aromatic N) is 1. The van der Waals surface area contributed by atoms with E-state index in [1.807, 2.05) is 49.3 Å². The minimum atomic E-state index is 0.278. The molecule has 2 N–H and O–H groups in total. The SMILES string of the molecule is CN(C)c1c(Cl)cccc1NCc1ccc(O)cc1. The zero-order valence-corrected chi connectivity index (χ0v) is 11.8. The fourth-order valence-corrected chi connectivity index (χ4v) is 2.27. The van der Waals surface area contributed by atoms with E-state index in [9.17, 15) is 5.11 Å². The molecule has 2 rings (SSSR count). The molecule has 0 radical (unpaired) electrons. The average molecular weight is 277 g/mol. The Balaban J connectivity index is 2.15. The molecule has 0 heterocycles. The fourth-order valence-electron chi connectivity index (χ4n) is 1.92. The molecule has 0 saturated heterocycles. The van der Waals surface area contributed by atoms with Crippen molar-refractivity contribution in [1.82, 2.24) is 0 Å². The van der Waals surface area contributed by atoms with Crippen LogP contribution in [-0.4, -0.2) is 19.2 Å². The van der Waals surface area contributed by atoms with Gasteiger partial charge >= 0.3 is 0 Å². The number of phenols is 1. The third-order valence-corrected chi connectivity index (χ3v) is 3.16. The van der Waals surface area contributed by atoms with Crippen molar-refractivity contribution in [2.24, 2.45) is 0 Å². The van der Waals surface area contributed by atoms with Crippen LogP contribution >= 0.6 is 11.6 Å². The molecule has 3 nitrogen and oxygen atoms in total. The van der Waals surface area contributed by atoms with Gasteiger partial charge in [0.1, 0.15) is 5.75 Å². The summed E-state index contributed by atoms with van der Waals surface area (Å²) in [6.07, 6.45) is 0. The van der Waals surface area contributed by atoms with E-state index < -0.39 is 0 Å². The Hall–Kier alpha value is -1.87. The molecular weight excluding hydrogens is 260 g/mol. The summed E-state index contributed by atoms with van der Waals surface area (Å²) in [5.41, 5.74) is 3.07. The first-order valence-corrected chi connectivity index (χ1v) is 6.43. The second kappa shape index (κ2) is 5.85. The second-order valence-corrected chi connectivity index (χ2v) is 4.96. The molecule has 0 aliphatic carbocycles. The molecule has 0 bridgehead atoms. The number of para-hydroxylation sites is 1. The highest BCUT2D eigenvalue weighted by molar-refractivity contribution is 6.34. The van der Waals surface area contributed by atoms with Gasteiger partial charge < -0.3 is 15.3 Å². The van der Waals surface area contributed by atoms with Crippen molar-refractivity contribution >= 4 is 23.0 Å². The van der Waals surface area contributed by atoms with Crippen molar-refractivity contribution in [3.8, 4) is 5.75 Å². The van der Waals surface area contributed by atoms with Gasteiger partial charge in [-0.3, -0.25) is 0 Å². The Labute approximate surface area is 118 Å². The minimum Gasteiger partial charge on any atom is -0.508 e. The molecule has 100 valence electrons. The molecule has 2 aromatic carbocycles. The third kappa shape index (κ3) is 3.32. The lowest BCUT2D eigenvalue weighted by molar-refractivity contribution is 0.475. The van der Waals surface area contributed by atoms with Crippen LogP contribution in [-0.2, 0) is 6.54 Å². The summed E-state index contributed by atoms with van der Waals surface area (Å²) in [6, 6.07) is 13.0. The van der Waals surface area contributed by atoms with Gasteiger partial charge in [0.25, 0.3) is 0 Å². The van der Waals surface area contributed by atoms with Crippen LogP contribution in [0.2, 0.25) is 5.02 Å². The first kappa shape index (κ1) is 13.6. The Bertz CT molecular complexity index is 553. The molecule has 0 atom stereocenters. The molecule has 0 unspecified atom stereocenters. The zero-order chi connectivity index (χ0) is 13.8. The molecule has 19 heavy (non-hydrogen) atoms. The molecule has 4 heteroatoms. The highest BCUT2D eigenvalue weighted by atomic mass is 35.5. The Morgan fingerprint density at radius 3 is 2.42 bits per heavy atom.